The molecule has 134 valence electrons. The minimum Gasteiger partial charge on any atom is -0.270 e. The Morgan fingerprint density at radius 1 is 1.50 bits per heavy atom. The molecule has 0 bridgehead atoms. The van der Waals surface area contributed by atoms with Gasteiger partial charge in [-0.2, -0.15) is 18.3 Å². The number of alkyl halides is 3. The number of halogens is 3. The molecule has 0 saturated carbocycles. The van der Waals surface area contributed by atoms with Crippen LogP contribution in [0, 0.1) is 5.92 Å². The van der Waals surface area contributed by atoms with Crippen LogP contribution < -0.4 is 4.72 Å². The first-order valence-corrected chi connectivity index (χ1v) is 9.02. The molecule has 1 N–H and O–H groups in total. The Bertz CT molecular complexity index is 610. The maximum Gasteiger partial charge on any atom is 0.412 e. The lowest BCUT2D eigenvalue weighted by atomic mass is 10.1. The minimum absolute atomic E-state index is 0.0886. The molecule has 1 aliphatic heterocycles. The maximum atomic E-state index is 12.8. The van der Waals surface area contributed by atoms with Crippen LogP contribution in [0.1, 0.15) is 33.1 Å². The van der Waals surface area contributed by atoms with E-state index in [1.165, 1.54) is 0 Å². The summed E-state index contributed by atoms with van der Waals surface area (Å²) in [4.78, 5) is 4.35. The number of hydrogen-bond donors (Lipinski definition) is 1. The molecule has 1 heterocycles. The Morgan fingerprint density at radius 2 is 2.25 bits per heavy atom. The number of hydrogen-bond acceptors (Lipinski definition) is 3. The maximum absolute atomic E-state index is 12.8. The van der Waals surface area contributed by atoms with Gasteiger partial charge >= 0.3 is 6.18 Å². The largest absolute Gasteiger partial charge is 0.412 e. The SMILES string of the molecule is CCN=C(NS(=O)C1=CCCC(C(F)(F)F)=C1)N1CC(CC)C=N1. The van der Waals surface area contributed by atoms with Gasteiger partial charge in [0.15, 0.2) is 11.0 Å². The van der Waals surface area contributed by atoms with Crippen LogP contribution in [-0.2, 0) is 11.0 Å². The summed E-state index contributed by atoms with van der Waals surface area (Å²) in [5.41, 5.74) is -0.658. The van der Waals surface area contributed by atoms with Crippen LogP contribution >= 0.6 is 0 Å². The van der Waals surface area contributed by atoms with Gasteiger partial charge < -0.3 is 0 Å². The van der Waals surface area contributed by atoms with E-state index in [2.05, 4.69) is 14.8 Å². The zero-order valence-corrected chi connectivity index (χ0v) is 14.5. The summed E-state index contributed by atoms with van der Waals surface area (Å²) >= 11 is 0. The highest BCUT2D eigenvalue weighted by Gasteiger charge is 2.34. The number of nitrogens with zero attached hydrogens (tertiary/aromatic N) is 3. The van der Waals surface area contributed by atoms with Gasteiger partial charge in [0, 0.05) is 24.3 Å². The van der Waals surface area contributed by atoms with Crippen molar-refractivity contribution in [2.75, 3.05) is 13.1 Å². The quantitative estimate of drug-likeness (QED) is 0.617. The summed E-state index contributed by atoms with van der Waals surface area (Å²) in [6.45, 7) is 4.93. The molecule has 0 spiro atoms. The smallest absolute Gasteiger partial charge is 0.270 e. The van der Waals surface area contributed by atoms with E-state index in [1.54, 1.807) is 17.3 Å². The van der Waals surface area contributed by atoms with E-state index in [0.717, 1.165) is 12.5 Å². The third kappa shape index (κ3) is 4.68. The normalized spacial score (nSPS) is 23.1. The van der Waals surface area contributed by atoms with Crippen molar-refractivity contribution >= 4 is 23.2 Å². The second kappa shape index (κ2) is 7.96. The van der Waals surface area contributed by atoms with Crippen molar-refractivity contribution in [3.63, 3.8) is 0 Å². The molecule has 2 rings (SSSR count). The number of allylic oxidation sites excluding steroid dienone is 3. The van der Waals surface area contributed by atoms with Crippen molar-refractivity contribution in [1.82, 2.24) is 9.73 Å². The number of guanidine groups is 1. The van der Waals surface area contributed by atoms with E-state index in [0.29, 0.717) is 19.0 Å². The van der Waals surface area contributed by atoms with Gasteiger partial charge in [-0.15, -0.1) is 0 Å². The zero-order valence-electron chi connectivity index (χ0n) is 13.6. The fourth-order valence-corrected chi connectivity index (χ4v) is 3.32. The molecule has 0 saturated heterocycles. The van der Waals surface area contributed by atoms with E-state index < -0.39 is 22.7 Å². The van der Waals surface area contributed by atoms with Crippen LogP contribution in [0.2, 0.25) is 0 Å². The standard InChI is InChI=1S/C15H21F3N4OS/c1-3-11-9-20-22(10-11)14(19-4-2)21-24(23)13-7-5-6-12(8-13)15(16,17)18/h7-9,11H,3-6,10H2,1-2H3,(H,19,21). The fraction of sp³-hybridized carbons (Fsp3) is 0.600. The lowest BCUT2D eigenvalue weighted by Crippen LogP contribution is -2.39. The first-order chi connectivity index (χ1) is 11.3. The second-order valence-corrected chi connectivity index (χ2v) is 6.71. The highest BCUT2D eigenvalue weighted by molar-refractivity contribution is 7.87. The predicted octanol–water partition coefficient (Wildman–Crippen LogP) is 3.11. The van der Waals surface area contributed by atoms with Gasteiger partial charge in [0.25, 0.3) is 0 Å². The number of hydrazone groups is 1. The first kappa shape index (κ1) is 18.7. The summed E-state index contributed by atoms with van der Waals surface area (Å²) in [6.07, 6.45) is 0.978. The molecule has 2 atom stereocenters. The zero-order chi connectivity index (χ0) is 17.7. The van der Waals surface area contributed by atoms with E-state index in [1.807, 2.05) is 13.8 Å². The molecule has 2 unspecified atom stereocenters. The molecule has 0 aromatic heterocycles. The van der Waals surface area contributed by atoms with Gasteiger partial charge in [-0.1, -0.05) is 13.0 Å². The molecule has 0 fully saturated rings. The van der Waals surface area contributed by atoms with E-state index >= 15 is 0 Å². The number of nitrogens with one attached hydrogen (secondary N) is 1. The van der Waals surface area contributed by atoms with Crippen LogP contribution in [0.4, 0.5) is 13.2 Å². The average Bonchev–Trinajstić information content (AvgIpc) is 3.02. The monoisotopic (exact) mass is 362 g/mol. The van der Waals surface area contributed by atoms with Gasteiger partial charge in [-0.05, 0) is 32.3 Å². The first-order valence-electron chi connectivity index (χ1n) is 7.87. The highest BCUT2D eigenvalue weighted by Crippen LogP contribution is 2.33. The fourth-order valence-electron chi connectivity index (χ4n) is 2.35. The van der Waals surface area contributed by atoms with Crippen LogP contribution in [0.5, 0.6) is 0 Å². The Balaban J connectivity index is 2.09. The van der Waals surface area contributed by atoms with Gasteiger partial charge in [-0.3, -0.25) is 9.71 Å². The Kier molecular flexibility index (Phi) is 6.20. The van der Waals surface area contributed by atoms with Crippen molar-refractivity contribution < 1.29 is 17.4 Å². The van der Waals surface area contributed by atoms with E-state index in [9.17, 15) is 17.4 Å². The van der Waals surface area contributed by atoms with Crippen molar-refractivity contribution in [3.8, 4) is 0 Å². The Morgan fingerprint density at radius 3 is 2.83 bits per heavy atom. The van der Waals surface area contributed by atoms with Crippen molar-refractivity contribution in [3.05, 3.63) is 22.6 Å². The molecular formula is C15H21F3N4OS. The molecule has 1 aliphatic carbocycles. The Labute approximate surface area is 142 Å². The highest BCUT2D eigenvalue weighted by atomic mass is 32.2. The number of aliphatic imine (C=N–C) groups is 1. The van der Waals surface area contributed by atoms with Crippen molar-refractivity contribution in [2.45, 2.75) is 39.3 Å². The van der Waals surface area contributed by atoms with Crippen molar-refractivity contribution in [1.29, 1.82) is 0 Å². The molecule has 0 radical (unpaired) electrons. The molecule has 24 heavy (non-hydrogen) atoms. The van der Waals surface area contributed by atoms with Crippen LogP contribution in [0.15, 0.2) is 32.7 Å². The molecule has 2 aliphatic rings. The molecule has 5 nitrogen and oxygen atoms in total. The van der Waals surface area contributed by atoms with Crippen LogP contribution in [0.25, 0.3) is 0 Å². The van der Waals surface area contributed by atoms with Crippen LogP contribution in [-0.4, -0.2) is 40.7 Å². The molecule has 0 aromatic rings. The van der Waals surface area contributed by atoms with Gasteiger partial charge in [-0.25, -0.2) is 9.22 Å². The summed E-state index contributed by atoms with van der Waals surface area (Å²) < 4.78 is 53.6. The van der Waals surface area contributed by atoms with Gasteiger partial charge in [0.2, 0.25) is 5.96 Å². The molecule has 0 amide bonds. The summed E-state index contributed by atoms with van der Waals surface area (Å²) in [5, 5.41) is 5.83. The average molecular weight is 362 g/mol. The lowest BCUT2D eigenvalue weighted by Gasteiger charge is -2.20. The topological polar surface area (TPSA) is 57.1 Å². The van der Waals surface area contributed by atoms with Gasteiger partial charge in [0.1, 0.15) is 0 Å². The van der Waals surface area contributed by atoms with Crippen molar-refractivity contribution in [2.24, 2.45) is 16.0 Å². The van der Waals surface area contributed by atoms with E-state index in [4.69, 9.17) is 0 Å². The molecular weight excluding hydrogens is 341 g/mol. The predicted molar refractivity (Wildman–Crippen MR) is 89.7 cm³/mol. The van der Waals surface area contributed by atoms with Crippen LogP contribution in [0.3, 0.4) is 0 Å². The molecule has 9 heteroatoms. The third-order valence-corrected chi connectivity index (χ3v) is 4.82. The summed E-state index contributed by atoms with van der Waals surface area (Å²) in [7, 11) is -1.81. The Hall–Kier alpha value is -1.64. The molecule has 0 aromatic carbocycles. The third-order valence-electron chi connectivity index (χ3n) is 3.74. The second-order valence-electron chi connectivity index (χ2n) is 5.50. The minimum atomic E-state index is -4.39. The number of rotatable bonds is 4. The summed E-state index contributed by atoms with van der Waals surface area (Å²) in [5.74, 6) is 0.601. The van der Waals surface area contributed by atoms with Gasteiger partial charge in [0.05, 0.1) is 11.4 Å². The van der Waals surface area contributed by atoms with E-state index in [-0.39, 0.29) is 23.7 Å². The summed E-state index contributed by atoms with van der Waals surface area (Å²) in [6, 6.07) is 0. The lowest BCUT2D eigenvalue weighted by molar-refractivity contribution is -0.0940.